The predicted octanol–water partition coefficient (Wildman–Crippen LogP) is 2.28. The highest BCUT2D eigenvalue weighted by Crippen LogP contribution is 2.29. The number of hydrogen-bond donors (Lipinski definition) is 1. The van der Waals surface area contributed by atoms with Crippen molar-refractivity contribution in [1.82, 2.24) is 10.2 Å². The number of nitrogens with zero attached hydrogens (tertiary/aromatic N) is 1. The Kier molecular flexibility index (Phi) is 4.43. The molecule has 3 rings (SSSR count). The Hall–Kier alpha value is -2.17. The number of carbonyl (C=O) groups is 3. The van der Waals surface area contributed by atoms with Crippen LogP contribution in [0.3, 0.4) is 0 Å². The molecule has 5 heteroatoms. The zero-order valence-corrected chi connectivity index (χ0v) is 14.5. The fourth-order valence-corrected chi connectivity index (χ4v) is 3.34. The standard InChI is InChI=1S/C19H24N2O3/c1-11(2)12(3)8-13-4-5-14-10-21(19(24)15(14)9-13)16-6-7-17(22)20-18(16)23/h4-5,9,11-12,16H,6-8,10H2,1-3H3,(H,20,22,23). The molecule has 1 fully saturated rings. The molecule has 2 aliphatic rings. The lowest BCUT2D eigenvalue weighted by atomic mass is 9.90. The first-order valence-corrected chi connectivity index (χ1v) is 8.63. The van der Waals surface area contributed by atoms with Crippen LogP contribution in [0.4, 0.5) is 0 Å². The molecule has 0 spiro atoms. The second kappa shape index (κ2) is 6.38. The number of fused-ring (bicyclic) bond motifs is 1. The molecule has 5 nitrogen and oxygen atoms in total. The van der Waals surface area contributed by atoms with Gasteiger partial charge in [-0.3, -0.25) is 19.7 Å². The Labute approximate surface area is 142 Å². The average molecular weight is 328 g/mol. The van der Waals surface area contributed by atoms with Crippen LogP contribution in [0, 0.1) is 11.8 Å². The largest absolute Gasteiger partial charge is 0.322 e. The Bertz CT molecular complexity index is 696. The topological polar surface area (TPSA) is 66.5 Å². The molecule has 1 saturated heterocycles. The van der Waals surface area contributed by atoms with Gasteiger partial charge in [-0.1, -0.05) is 32.9 Å². The van der Waals surface area contributed by atoms with Gasteiger partial charge in [-0.05, 0) is 41.9 Å². The van der Waals surface area contributed by atoms with Crippen molar-refractivity contribution in [2.24, 2.45) is 11.8 Å². The van der Waals surface area contributed by atoms with E-state index in [2.05, 4.69) is 32.2 Å². The summed E-state index contributed by atoms with van der Waals surface area (Å²) in [4.78, 5) is 37.7. The fourth-order valence-electron chi connectivity index (χ4n) is 3.34. The molecule has 1 aromatic carbocycles. The summed E-state index contributed by atoms with van der Waals surface area (Å²) >= 11 is 0. The van der Waals surface area contributed by atoms with Crippen LogP contribution >= 0.6 is 0 Å². The van der Waals surface area contributed by atoms with E-state index in [1.54, 1.807) is 4.90 Å². The van der Waals surface area contributed by atoms with Crippen molar-refractivity contribution in [3.63, 3.8) is 0 Å². The maximum atomic E-state index is 12.8. The van der Waals surface area contributed by atoms with Gasteiger partial charge < -0.3 is 4.90 Å². The first-order chi connectivity index (χ1) is 11.4. The molecule has 0 radical (unpaired) electrons. The maximum Gasteiger partial charge on any atom is 0.255 e. The molecule has 0 bridgehead atoms. The van der Waals surface area contributed by atoms with E-state index in [1.165, 1.54) is 0 Å². The minimum absolute atomic E-state index is 0.0986. The molecule has 2 heterocycles. The summed E-state index contributed by atoms with van der Waals surface area (Å²) in [5, 5.41) is 2.33. The van der Waals surface area contributed by atoms with E-state index in [0.29, 0.717) is 30.4 Å². The number of nitrogens with one attached hydrogen (secondary N) is 1. The van der Waals surface area contributed by atoms with Crippen molar-refractivity contribution in [2.45, 2.75) is 52.6 Å². The van der Waals surface area contributed by atoms with E-state index in [4.69, 9.17) is 0 Å². The molecule has 24 heavy (non-hydrogen) atoms. The van der Waals surface area contributed by atoms with Gasteiger partial charge in [-0.25, -0.2) is 0 Å². The van der Waals surface area contributed by atoms with E-state index < -0.39 is 6.04 Å². The molecule has 2 atom stereocenters. The summed E-state index contributed by atoms with van der Waals surface area (Å²) in [6.07, 6.45) is 1.63. The lowest BCUT2D eigenvalue weighted by Crippen LogP contribution is -2.52. The fraction of sp³-hybridized carbons (Fsp3) is 0.526. The van der Waals surface area contributed by atoms with Gasteiger partial charge in [-0.15, -0.1) is 0 Å². The lowest BCUT2D eigenvalue weighted by Gasteiger charge is -2.29. The number of benzene rings is 1. The van der Waals surface area contributed by atoms with E-state index in [1.807, 2.05) is 12.1 Å². The van der Waals surface area contributed by atoms with Gasteiger partial charge in [0.05, 0.1) is 0 Å². The van der Waals surface area contributed by atoms with Gasteiger partial charge in [0.25, 0.3) is 5.91 Å². The molecule has 1 aromatic rings. The van der Waals surface area contributed by atoms with Crippen LogP contribution in [0.2, 0.25) is 0 Å². The Morgan fingerprint density at radius 1 is 1.21 bits per heavy atom. The highest BCUT2D eigenvalue weighted by atomic mass is 16.2. The summed E-state index contributed by atoms with van der Waals surface area (Å²) in [5.74, 6) is 0.421. The van der Waals surface area contributed by atoms with Gasteiger partial charge in [0.1, 0.15) is 6.04 Å². The second-order valence-corrected chi connectivity index (χ2v) is 7.32. The number of amides is 3. The molecule has 0 saturated carbocycles. The molecule has 0 aliphatic carbocycles. The van der Waals surface area contributed by atoms with Gasteiger partial charge >= 0.3 is 0 Å². The number of hydrogen-bond acceptors (Lipinski definition) is 3. The van der Waals surface area contributed by atoms with Gasteiger partial charge in [0, 0.05) is 18.5 Å². The number of carbonyl (C=O) groups excluding carboxylic acids is 3. The summed E-state index contributed by atoms with van der Waals surface area (Å²) in [6, 6.07) is 5.52. The van der Waals surface area contributed by atoms with E-state index in [9.17, 15) is 14.4 Å². The van der Waals surface area contributed by atoms with Crippen molar-refractivity contribution in [3.05, 3.63) is 34.9 Å². The third kappa shape index (κ3) is 3.07. The molecular formula is C19H24N2O3. The van der Waals surface area contributed by atoms with E-state index in [-0.39, 0.29) is 24.1 Å². The van der Waals surface area contributed by atoms with E-state index in [0.717, 1.165) is 17.5 Å². The van der Waals surface area contributed by atoms with Gasteiger partial charge in [-0.2, -0.15) is 0 Å². The number of imide groups is 1. The summed E-state index contributed by atoms with van der Waals surface area (Å²) in [7, 11) is 0. The lowest BCUT2D eigenvalue weighted by molar-refractivity contribution is -0.136. The summed E-state index contributed by atoms with van der Waals surface area (Å²) in [6.45, 7) is 7.07. The normalized spacial score (nSPS) is 21.9. The maximum absolute atomic E-state index is 12.8. The minimum atomic E-state index is -0.541. The van der Waals surface area contributed by atoms with Crippen LogP contribution in [0.5, 0.6) is 0 Å². The molecule has 128 valence electrons. The third-order valence-corrected chi connectivity index (χ3v) is 5.29. The second-order valence-electron chi connectivity index (χ2n) is 7.32. The minimum Gasteiger partial charge on any atom is -0.322 e. The molecule has 1 N–H and O–H groups in total. The van der Waals surface area contributed by atoms with Crippen molar-refractivity contribution >= 4 is 17.7 Å². The number of piperidine rings is 1. The first-order valence-electron chi connectivity index (χ1n) is 8.63. The van der Waals surface area contributed by atoms with Crippen LogP contribution in [0.15, 0.2) is 18.2 Å². The highest BCUT2D eigenvalue weighted by molar-refractivity contribution is 6.05. The molecular weight excluding hydrogens is 304 g/mol. The Balaban J connectivity index is 1.78. The van der Waals surface area contributed by atoms with E-state index >= 15 is 0 Å². The molecule has 2 aliphatic heterocycles. The SMILES string of the molecule is CC(C)C(C)Cc1ccc2c(c1)C(=O)N(C1CCC(=O)NC1=O)C2. The van der Waals surface area contributed by atoms with Crippen LogP contribution in [-0.4, -0.2) is 28.7 Å². The van der Waals surface area contributed by atoms with Gasteiger partial charge in [0.15, 0.2) is 0 Å². The monoisotopic (exact) mass is 328 g/mol. The molecule has 3 amide bonds. The zero-order valence-electron chi connectivity index (χ0n) is 14.5. The Morgan fingerprint density at radius 2 is 1.96 bits per heavy atom. The highest BCUT2D eigenvalue weighted by Gasteiger charge is 2.39. The van der Waals surface area contributed by atoms with Crippen LogP contribution < -0.4 is 5.32 Å². The molecule has 0 aromatic heterocycles. The first kappa shape index (κ1) is 16.7. The zero-order chi connectivity index (χ0) is 17.4. The third-order valence-electron chi connectivity index (χ3n) is 5.29. The summed E-state index contributed by atoms with van der Waals surface area (Å²) in [5.41, 5.74) is 2.83. The average Bonchev–Trinajstić information content (AvgIpc) is 2.84. The van der Waals surface area contributed by atoms with Crippen molar-refractivity contribution in [2.75, 3.05) is 0 Å². The predicted molar refractivity (Wildman–Crippen MR) is 90.2 cm³/mol. The Morgan fingerprint density at radius 3 is 2.62 bits per heavy atom. The van der Waals surface area contributed by atoms with Crippen LogP contribution in [0.1, 0.15) is 55.1 Å². The summed E-state index contributed by atoms with van der Waals surface area (Å²) < 4.78 is 0. The van der Waals surface area contributed by atoms with Crippen molar-refractivity contribution < 1.29 is 14.4 Å². The van der Waals surface area contributed by atoms with Crippen molar-refractivity contribution in [1.29, 1.82) is 0 Å². The van der Waals surface area contributed by atoms with Gasteiger partial charge in [0.2, 0.25) is 11.8 Å². The smallest absolute Gasteiger partial charge is 0.255 e. The quantitative estimate of drug-likeness (QED) is 0.862. The molecule has 2 unspecified atom stereocenters. The van der Waals surface area contributed by atoms with Crippen LogP contribution in [-0.2, 0) is 22.6 Å². The number of rotatable bonds is 4. The van der Waals surface area contributed by atoms with Crippen LogP contribution in [0.25, 0.3) is 0 Å². The van der Waals surface area contributed by atoms with Crippen molar-refractivity contribution in [3.8, 4) is 0 Å².